The monoisotopic (exact) mass is 252 g/mol. The number of Topliss-reactive ketones (excluding diaryl/α,β-unsaturated/α-hetero) is 1. The number of carbonyl (C=O) groups is 1. The minimum atomic E-state index is -1.02. The van der Waals surface area contributed by atoms with Crippen LogP contribution in [-0.4, -0.2) is 21.9 Å². The van der Waals surface area contributed by atoms with E-state index in [0.29, 0.717) is 18.4 Å². The van der Waals surface area contributed by atoms with Gasteiger partial charge in [-0.3, -0.25) is 4.79 Å². The van der Waals surface area contributed by atoms with Crippen LogP contribution in [0.15, 0.2) is 30.3 Å². The molecule has 1 aliphatic rings. The summed E-state index contributed by atoms with van der Waals surface area (Å²) in [6.45, 7) is 0. The first kappa shape index (κ1) is 12.6. The fraction of sp³-hybridized carbons (Fsp3) is 0.500. The van der Waals surface area contributed by atoms with Gasteiger partial charge in [0.05, 0.1) is 5.60 Å². The van der Waals surface area contributed by atoms with E-state index in [1.165, 1.54) is 0 Å². The summed E-state index contributed by atoms with van der Waals surface area (Å²) in [5.41, 5.74) is -0.446. The quantitative estimate of drug-likeness (QED) is 0.663. The Morgan fingerprint density at radius 3 is 2.35 bits per heavy atom. The lowest BCUT2D eigenvalue weighted by atomic mass is 9.80. The zero-order valence-corrected chi connectivity index (χ0v) is 10.5. The number of halogens is 1. The molecule has 0 bridgehead atoms. The van der Waals surface area contributed by atoms with Crippen LogP contribution in [0.1, 0.15) is 42.5 Å². The van der Waals surface area contributed by atoms with Crippen molar-refractivity contribution < 1.29 is 9.90 Å². The number of aliphatic hydroxyl groups is 1. The summed E-state index contributed by atoms with van der Waals surface area (Å²) < 4.78 is 0. The van der Waals surface area contributed by atoms with Gasteiger partial charge in [-0.15, -0.1) is 11.6 Å². The highest BCUT2D eigenvalue weighted by molar-refractivity contribution is 6.34. The van der Waals surface area contributed by atoms with Gasteiger partial charge in [0.2, 0.25) is 0 Å². The summed E-state index contributed by atoms with van der Waals surface area (Å²) in [4.78, 5) is 12.2. The third-order valence-corrected chi connectivity index (χ3v) is 4.08. The molecule has 0 saturated heterocycles. The van der Waals surface area contributed by atoms with E-state index in [4.69, 9.17) is 11.6 Å². The topological polar surface area (TPSA) is 37.3 Å². The van der Waals surface area contributed by atoms with E-state index >= 15 is 0 Å². The standard InChI is InChI=1S/C14H17ClO2/c15-13(14(17)9-5-2-6-10-14)12(16)11-7-3-1-4-8-11/h1,3-4,7-8,13,17H,2,5-6,9-10H2. The molecule has 0 amide bonds. The first-order chi connectivity index (χ1) is 8.13. The molecule has 0 heterocycles. The number of alkyl halides is 1. The molecule has 1 aromatic rings. The molecule has 2 nitrogen and oxygen atoms in total. The van der Waals surface area contributed by atoms with Crippen LogP contribution in [0.3, 0.4) is 0 Å². The Hall–Kier alpha value is -0.860. The van der Waals surface area contributed by atoms with Gasteiger partial charge in [-0.05, 0) is 12.8 Å². The van der Waals surface area contributed by atoms with Crippen molar-refractivity contribution in [2.75, 3.05) is 0 Å². The summed E-state index contributed by atoms with van der Waals surface area (Å²) in [7, 11) is 0. The van der Waals surface area contributed by atoms with Gasteiger partial charge in [0.15, 0.2) is 5.78 Å². The largest absolute Gasteiger partial charge is 0.388 e. The highest BCUT2D eigenvalue weighted by atomic mass is 35.5. The van der Waals surface area contributed by atoms with E-state index in [2.05, 4.69) is 0 Å². The second kappa shape index (κ2) is 5.19. The zero-order chi connectivity index (χ0) is 12.3. The fourth-order valence-corrected chi connectivity index (χ4v) is 2.75. The van der Waals surface area contributed by atoms with Crippen LogP contribution in [0.25, 0.3) is 0 Å². The molecule has 1 aromatic carbocycles. The predicted octanol–water partition coefficient (Wildman–Crippen LogP) is 3.17. The van der Waals surface area contributed by atoms with Crippen LogP contribution in [0.2, 0.25) is 0 Å². The molecule has 0 aliphatic heterocycles. The second-order valence-corrected chi connectivity index (χ2v) is 5.19. The lowest BCUT2D eigenvalue weighted by Gasteiger charge is -2.35. The van der Waals surface area contributed by atoms with Crippen molar-refractivity contribution in [3.63, 3.8) is 0 Å². The van der Waals surface area contributed by atoms with Crippen molar-refractivity contribution in [1.82, 2.24) is 0 Å². The maximum Gasteiger partial charge on any atom is 0.183 e. The number of ketones is 1. The van der Waals surface area contributed by atoms with Crippen molar-refractivity contribution in [2.24, 2.45) is 0 Å². The van der Waals surface area contributed by atoms with Gasteiger partial charge < -0.3 is 5.11 Å². The number of hydrogen-bond donors (Lipinski definition) is 1. The molecule has 17 heavy (non-hydrogen) atoms. The molecule has 2 rings (SSSR count). The minimum Gasteiger partial charge on any atom is -0.388 e. The van der Waals surface area contributed by atoms with Gasteiger partial charge in [-0.1, -0.05) is 49.6 Å². The van der Waals surface area contributed by atoms with Crippen LogP contribution in [-0.2, 0) is 0 Å². The molecule has 1 saturated carbocycles. The van der Waals surface area contributed by atoms with Crippen LogP contribution in [0.5, 0.6) is 0 Å². The highest BCUT2D eigenvalue weighted by Crippen LogP contribution is 2.35. The molecule has 0 spiro atoms. The third kappa shape index (κ3) is 2.70. The van der Waals surface area contributed by atoms with Gasteiger partial charge in [0.1, 0.15) is 5.38 Å². The summed E-state index contributed by atoms with van der Waals surface area (Å²) in [5.74, 6) is -0.170. The van der Waals surface area contributed by atoms with Crippen molar-refractivity contribution in [3.8, 4) is 0 Å². The molecule has 1 atom stereocenters. The van der Waals surface area contributed by atoms with Gasteiger partial charge in [0.25, 0.3) is 0 Å². The normalized spacial score (nSPS) is 20.8. The molecule has 3 heteroatoms. The first-order valence-electron chi connectivity index (χ1n) is 6.09. The Kier molecular flexibility index (Phi) is 3.85. The van der Waals surface area contributed by atoms with Crippen molar-refractivity contribution >= 4 is 17.4 Å². The lowest BCUT2D eigenvalue weighted by molar-refractivity contribution is 0.00351. The molecule has 1 aliphatic carbocycles. The van der Waals surface area contributed by atoms with Crippen molar-refractivity contribution in [2.45, 2.75) is 43.1 Å². The average molecular weight is 253 g/mol. The molecule has 0 aromatic heterocycles. The summed E-state index contributed by atoms with van der Waals surface area (Å²) in [6.07, 6.45) is 4.26. The number of rotatable bonds is 3. The number of hydrogen-bond acceptors (Lipinski definition) is 2. The molecular formula is C14H17ClO2. The van der Waals surface area contributed by atoms with E-state index in [9.17, 15) is 9.90 Å². The molecule has 0 radical (unpaired) electrons. The van der Waals surface area contributed by atoms with Crippen LogP contribution in [0, 0.1) is 0 Å². The number of carbonyl (C=O) groups excluding carboxylic acids is 1. The smallest absolute Gasteiger partial charge is 0.183 e. The van der Waals surface area contributed by atoms with Crippen molar-refractivity contribution in [1.29, 1.82) is 0 Å². The minimum absolute atomic E-state index is 0.170. The lowest BCUT2D eigenvalue weighted by Crippen LogP contribution is -2.45. The van der Waals surface area contributed by atoms with Crippen LogP contribution < -0.4 is 0 Å². The summed E-state index contributed by atoms with van der Waals surface area (Å²) in [5, 5.41) is 9.59. The summed E-state index contributed by atoms with van der Waals surface area (Å²) >= 11 is 6.19. The van der Waals surface area contributed by atoms with E-state index in [1.54, 1.807) is 12.1 Å². The zero-order valence-electron chi connectivity index (χ0n) is 9.73. The van der Waals surface area contributed by atoms with Crippen LogP contribution >= 0.6 is 11.6 Å². The van der Waals surface area contributed by atoms with Crippen LogP contribution in [0.4, 0.5) is 0 Å². The SMILES string of the molecule is O=C(c1ccccc1)C(Cl)C1(O)CCCCC1. The van der Waals surface area contributed by atoms with Gasteiger partial charge in [-0.2, -0.15) is 0 Å². The van der Waals surface area contributed by atoms with Gasteiger partial charge >= 0.3 is 0 Å². The highest BCUT2D eigenvalue weighted by Gasteiger charge is 2.40. The average Bonchev–Trinajstić information content (AvgIpc) is 2.39. The molecule has 92 valence electrons. The maximum absolute atomic E-state index is 12.2. The second-order valence-electron chi connectivity index (χ2n) is 4.76. The van der Waals surface area contributed by atoms with E-state index in [-0.39, 0.29) is 5.78 Å². The molecule has 1 N–H and O–H groups in total. The number of benzene rings is 1. The fourth-order valence-electron chi connectivity index (χ4n) is 2.41. The predicted molar refractivity (Wildman–Crippen MR) is 68.4 cm³/mol. The Labute approximate surface area is 107 Å². The first-order valence-corrected chi connectivity index (χ1v) is 6.53. The van der Waals surface area contributed by atoms with E-state index in [0.717, 1.165) is 19.3 Å². The summed E-state index contributed by atoms with van der Waals surface area (Å²) in [6, 6.07) is 8.95. The van der Waals surface area contributed by atoms with Gasteiger partial charge in [0, 0.05) is 5.56 Å². The Morgan fingerprint density at radius 1 is 1.18 bits per heavy atom. The Balaban J connectivity index is 2.14. The van der Waals surface area contributed by atoms with Crippen molar-refractivity contribution in [3.05, 3.63) is 35.9 Å². The van der Waals surface area contributed by atoms with E-state index < -0.39 is 11.0 Å². The van der Waals surface area contributed by atoms with Gasteiger partial charge in [-0.25, -0.2) is 0 Å². The Morgan fingerprint density at radius 2 is 1.76 bits per heavy atom. The molecular weight excluding hydrogens is 236 g/mol. The Bertz CT molecular complexity index is 382. The molecule has 1 fully saturated rings. The third-order valence-electron chi connectivity index (χ3n) is 3.48. The van der Waals surface area contributed by atoms with E-state index in [1.807, 2.05) is 18.2 Å². The maximum atomic E-state index is 12.2. The molecule has 1 unspecified atom stereocenters.